The Labute approximate surface area is 161 Å². The summed E-state index contributed by atoms with van der Waals surface area (Å²) in [6, 6.07) is 14.5. The first kappa shape index (κ1) is 17.9. The highest BCUT2D eigenvalue weighted by atomic mass is 16.5. The van der Waals surface area contributed by atoms with E-state index in [4.69, 9.17) is 4.74 Å². The average Bonchev–Trinajstić information content (AvgIpc) is 3.52. The van der Waals surface area contributed by atoms with Crippen molar-refractivity contribution in [3.05, 3.63) is 59.2 Å². The molecule has 0 aromatic heterocycles. The number of ether oxygens (including phenoxy) is 1. The highest BCUT2D eigenvalue weighted by molar-refractivity contribution is 5.91. The average molecular weight is 364 g/mol. The third kappa shape index (κ3) is 3.18. The summed E-state index contributed by atoms with van der Waals surface area (Å²) in [5.74, 6) is 1.14. The summed E-state index contributed by atoms with van der Waals surface area (Å²) < 4.78 is 5.25. The predicted molar refractivity (Wildman–Crippen MR) is 109 cm³/mol. The van der Waals surface area contributed by atoms with Crippen molar-refractivity contribution in [1.29, 1.82) is 0 Å². The fourth-order valence-corrected chi connectivity index (χ4v) is 4.19. The molecule has 0 bridgehead atoms. The maximum atomic E-state index is 13.3. The van der Waals surface area contributed by atoms with Crippen LogP contribution in [-0.2, 0) is 10.2 Å². The highest BCUT2D eigenvalue weighted by Crippen LogP contribution is 2.50. The zero-order chi connectivity index (χ0) is 19.0. The molecule has 1 aliphatic heterocycles. The van der Waals surface area contributed by atoms with E-state index in [0.29, 0.717) is 5.91 Å². The van der Waals surface area contributed by atoms with Crippen LogP contribution in [0.25, 0.3) is 0 Å². The van der Waals surface area contributed by atoms with Crippen molar-refractivity contribution in [1.82, 2.24) is 4.90 Å². The lowest BCUT2D eigenvalue weighted by atomic mass is 9.94. The Morgan fingerprint density at radius 3 is 2.22 bits per heavy atom. The molecule has 0 spiro atoms. The van der Waals surface area contributed by atoms with Gasteiger partial charge in [-0.3, -0.25) is 4.79 Å². The Kier molecular flexibility index (Phi) is 4.58. The molecule has 0 N–H and O–H groups in total. The van der Waals surface area contributed by atoms with Gasteiger partial charge in [-0.1, -0.05) is 24.3 Å². The van der Waals surface area contributed by atoms with E-state index in [1.54, 1.807) is 7.11 Å². The second-order valence-electron chi connectivity index (χ2n) is 7.81. The minimum absolute atomic E-state index is 0.298. The van der Waals surface area contributed by atoms with Crippen molar-refractivity contribution in [2.45, 2.75) is 32.1 Å². The summed E-state index contributed by atoms with van der Waals surface area (Å²) in [6.45, 7) is 7.73. The first-order valence-electron chi connectivity index (χ1n) is 9.80. The molecule has 4 rings (SSSR count). The Hall–Kier alpha value is -2.49. The van der Waals surface area contributed by atoms with Gasteiger partial charge in [0.05, 0.1) is 12.5 Å². The lowest BCUT2D eigenvalue weighted by molar-refractivity contribution is -0.134. The van der Waals surface area contributed by atoms with Gasteiger partial charge in [-0.15, -0.1) is 0 Å². The Morgan fingerprint density at radius 2 is 1.63 bits per heavy atom. The van der Waals surface area contributed by atoms with Gasteiger partial charge < -0.3 is 14.5 Å². The number of hydrogen-bond acceptors (Lipinski definition) is 3. The molecule has 1 amide bonds. The van der Waals surface area contributed by atoms with Crippen LogP contribution in [0.15, 0.2) is 42.5 Å². The van der Waals surface area contributed by atoms with Gasteiger partial charge >= 0.3 is 0 Å². The van der Waals surface area contributed by atoms with Gasteiger partial charge in [-0.05, 0) is 61.6 Å². The van der Waals surface area contributed by atoms with E-state index >= 15 is 0 Å². The topological polar surface area (TPSA) is 32.8 Å². The van der Waals surface area contributed by atoms with Crippen molar-refractivity contribution in [2.24, 2.45) is 0 Å². The minimum Gasteiger partial charge on any atom is -0.497 e. The zero-order valence-corrected chi connectivity index (χ0v) is 16.5. The SMILES string of the molecule is COc1ccc(C2(C(=O)N3CCN(c4cccc(C)c4C)CC3)CC2)cc1. The molecule has 4 heteroatoms. The van der Waals surface area contributed by atoms with Crippen LogP contribution in [0.4, 0.5) is 5.69 Å². The molecule has 2 aromatic carbocycles. The fourth-order valence-electron chi connectivity index (χ4n) is 4.19. The second-order valence-corrected chi connectivity index (χ2v) is 7.81. The molecule has 0 unspecified atom stereocenters. The molecule has 0 radical (unpaired) electrons. The lowest BCUT2D eigenvalue weighted by Gasteiger charge is -2.38. The first-order chi connectivity index (χ1) is 13.0. The maximum absolute atomic E-state index is 13.3. The van der Waals surface area contributed by atoms with Crippen molar-refractivity contribution in [3.8, 4) is 5.75 Å². The Bertz CT molecular complexity index is 832. The van der Waals surface area contributed by atoms with E-state index in [0.717, 1.165) is 50.3 Å². The number of rotatable bonds is 4. The third-order valence-corrected chi connectivity index (χ3v) is 6.29. The molecule has 1 aliphatic carbocycles. The van der Waals surface area contributed by atoms with Crippen LogP contribution in [-0.4, -0.2) is 44.1 Å². The second kappa shape index (κ2) is 6.91. The number of carbonyl (C=O) groups excluding carboxylic acids is 1. The summed E-state index contributed by atoms with van der Waals surface area (Å²) in [5.41, 5.74) is 4.80. The molecule has 1 saturated carbocycles. The monoisotopic (exact) mass is 364 g/mol. The minimum atomic E-state index is -0.298. The third-order valence-electron chi connectivity index (χ3n) is 6.29. The van der Waals surface area contributed by atoms with Crippen LogP contribution >= 0.6 is 0 Å². The molecule has 27 heavy (non-hydrogen) atoms. The smallest absolute Gasteiger partial charge is 0.233 e. The number of methoxy groups -OCH3 is 1. The predicted octanol–water partition coefficient (Wildman–Crippen LogP) is 3.69. The van der Waals surface area contributed by atoms with Crippen molar-refractivity contribution < 1.29 is 9.53 Å². The molecule has 0 atom stereocenters. The van der Waals surface area contributed by atoms with Crippen LogP contribution in [0.1, 0.15) is 29.5 Å². The summed E-state index contributed by atoms with van der Waals surface area (Å²) in [6.07, 6.45) is 1.91. The Morgan fingerprint density at radius 1 is 0.963 bits per heavy atom. The quantitative estimate of drug-likeness (QED) is 0.829. The number of benzene rings is 2. The largest absolute Gasteiger partial charge is 0.497 e. The van der Waals surface area contributed by atoms with Gasteiger partial charge in [0.1, 0.15) is 5.75 Å². The van der Waals surface area contributed by atoms with Crippen LogP contribution in [0.3, 0.4) is 0 Å². The summed E-state index contributed by atoms with van der Waals surface area (Å²) in [7, 11) is 1.67. The van der Waals surface area contributed by atoms with Crippen molar-refractivity contribution >= 4 is 11.6 Å². The molecular weight excluding hydrogens is 336 g/mol. The van der Waals surface area contributed by atoms with E-state index in [-0.39, 0.29) is 5.41 Å². The number of piperazine rings is 1. The van der Waals surface area contributed by atoms with E-state index < -0.39 is 0 Å². The maximum Gasteiger partial charge on any atom is 0.233 e. The van der Waals surface area contributed by atoms with Crippen LogP contribution in [0.5, 0.6) is 5.75 Å². The van der Waals surface area contributed by atoms with Gasteiger partial charge in [0, 0.05) is 31.9 Å². The highest BCUT2D eigenvalue weighted by Gasteiger charge is 2.53. The number of nitrogens with zero attached hydrogens (tertiary/aromatic N) is 2. The first-order valence-corrected chi connectivity index (χ1v) is 9.80. The van der Waals surface area contributed by atoms with Crippen LogP contribution in [0, 0.1) is 13.8 Å². The molecule has 4 nitrogen and oxygen atoms in total. The number of hydrogen-bond donors (Lipinski definition) is 0. The lowest BCUT2D eigenvalue weighted by Crippen LogP contribution is -2.51. The fraction of sp³-hybridized carbons (Fsp3) is 0.435. The number of aryl methyl sites for hydroxylation is 1. The van der Waals surface area contributed by atoms with Gasteiger partial charge in [0.15, 0.2) is 0 Å². The van der Waals surface area contributed by atoms with E-state index in [9.17, 15) is 4.79 Å². The molecule has 2 fully saturated rings. The standard InChI is InChI=1S/C23H28N2O2/c1-17-5-4-6-21(18(17)2)24-13-15-25(16-14-24)22(26)23(11-12-23)19-7-9-20(27-3)10-8-19/h4-10H,11-16H2,1-3H3. The number of amides is 1. The van der Waals surface area contributed by atoms with E-state index in [2.05, 4.69) is 54.0 Å². The molecule has 1 saturated heterocycles. The van der Waals surface area contributed by atoms with Gasteiger partial charge in [-0.25, -0.2) is 0 Å². The number of anilines is 1. The van der Waals surface area contributed by atoms with Gasteiger partial charge in [-0.2, -0.15) is 0 Å². The molecule has 2 aromatic rings. The summed E-state index contributed by atoms with van der Waals surface area (Å²) in [4.78, 5) is 17.8. The number of carbonyl (C=O) groups is 1. The molecule has 142 valence electrons. The molecule has 1 heterocycles. The zero-order valence-electron chi connectivity index (χ0n) is 16.5. The van der Waals surface area contributed by atoms with Crippen molar-refractivity contribution in [2.75, 3.05) is 38.2 Å². The van der Waals surface area contributed by atoms with Gasteiger partial charge in [0.25, 0.3) is 0 Å². The van der Waals surface area contributed by atoms with Gasteiger partial charge in [0.2, 0.25) is 5.91 Å². The summed E-state index contributed by atoms with van der Waals surface area (Å²) in [5, 5.41) is 0. The molecular formula is C23H28N2O2. The summed E-state index contributed by atoms with van der Waals surface area (Å²) >= 11 is 0. The normalized spacial score (nSPS) is 18.3. The van der Waals surface area contributed by atoms with E-state index in [1.165, 1.54) is 16.8 Å². The van der Waals surface area contributed by atoms with Crippen LogP contribution in [0.2, 0.25) is 0 Å². The molecule has 2 aliphatic rings. The van der Waals surface area contributed by atoms with E-state index in [1.807, 2.05) is 12.1 Å². The Balaban J connectivity index is 1.45. The van der Waals surface area contributed by atoms with Crippen molar-refractivity contribution in [3.63, 3.8) is 0 Å². The van der Waals surface area contributed by atoms with Crippen LogP contribution < -0.4 is 9.64 Å².